The van der Waals surface area contributed by atoms with Crippen LogP contribution in [0.25, 0.3) is 0 Å². The highest BCUT2D eigenvalue weighted by Gasteiger charge is 2.51. The maximum absolute atomic E-state index is 12.8. The molecule has 1 unspecified atom stereocenters. The number of halogens is 3. The van der Waals surface area contributed by atoms with Crippen molar-refractivity contribution in [2.75, 3.05) is 38.1 Å². The molecule has 8 heteroatoms. The Morgan fingerprint density at radius 1 is 1.16 bits per heavy atom. The molecule has 1 N–H and O–H groups in total. The summed E-state index contributed by atoms with van der Waals surface area (Å²) in [6.07, 6.45) is -1.59. The first-order valence-corrected chi connectivity index (χ1v) is 8.22. The summed E-state index contributed by atoms with van der Waals surface area (Å²) in [5, 5.41) is 6.97. The van der Waals surface area contributed by atoms with Crippen molar-refractivity contribution in [2.24, 2.45) is 5.41 Å². The number of hydrogen-bond acceptors (Lipinski definition) is 4. The summed E-state index contributed by atoms with van der Waals surface area (Å²) in [6, 6.07) is 5.14. The first-order valence-electron chi connectivity index (χ1n) is 8.22. The Kier molecular flexibility index (Phi) is 3.50. The zero-order valence-electron chi connectivity index (χ0n) is 13.8. The van der Waals surface area contributed by atoms with Crippen molar-refractivity contribution >= 4 is 11.6 Å². The average Bonchev–Trinajstić information content (AvgIpc) is 3.11. The van der Waals surface area contributed by atoms with Gasteiger partial charge in [-0.15, -0.1) is 0 Å². The third kappa shape index (κ3) is 2.55. The van der Waals surface area contributed by atoms with Gasteiger partial charge in [-0.1, -0.05) is 0 Å². The quantitative estimate of drug-likeness (QED) is 0.840. The van der Waals surface area contributed by atoms with Crippen LogP contribution in [0.3, 0.4) is 0 Å². The first-order chi connectivity index (χ1) is 11.8. The summed E-state index contributed by atoms with van der Waals surface area (Å²) in [5.74, 6) is 0.941. The summed E-state index contributed by atoms with van der Waals surface area (Å²) < 4.78 is 38.5. The monoisotopic (exact) mass is 352 g/mol. The number of carbonyl (C=O) groups is 1. The van der Waals surface area contributed by atoms with Gasteiger partial charge in [0, 0.05) is 32.4 Å². The zero-order valence-corrected chi connectivity index (χ0v) is 13.8. The Hall–Kier alpha value is -2.22. The molecular weight excluding hydrogens is 333 g/mol. The van der Waals surface area contributed by atoms with Crippen molar-refractivity contribution in [3.8, 4) is 0 Å². The molecule has 0 aromatic heterocycles. The molecule has 2 fully saturated rings. The smallest absolute Gasteiger partial charge is 0.355 e. The van der Waals surface area contributed by atoms with E-state index in [9.17, 15) is 18.0 Å². The van der Waals surface area contributed by atoms with Crippen LogP contribution in [-0.4, -0.2) is 49.2 Å². The van der Waals surface area contributed by atoms with Gasteiger partial charge in [0.25, 0.3) is 0 Å². The Morgan fingerprint density at radius 3 is 2.48 bits per heavy atom. The van der Waals surface area contributed by atoms with E-state index < -0.39 is 17.2 Å². The molecule has 1 amide bonds. The van der Waals surface area contributed by atoms with E-state index in [4.69, 9.17) is 0 Å². The van der Waals surface area contributed by atoms with Gasteiger partial charge in [0.1, 0.15) is 5.82 Å². The highest BCUT2D eigenvalue weighted by Crippen LogP contribution is 2.41. The molecule has 1 aromatic carbocycles. The number of nitrogens with one attached hydrogen (secondary N) is 1. The van der Waals surface area contributed by atoms with Crippen molar-refractivity contribution in [3.05, 3.63) is 41.7 Å². The highest BCUT2D eigenvalue weighted by atomic mass is 19.4. The molecule has 0 aliphatic carbocycles. The molecule has 4 rings (SSSR count). The van der Waals surface area contributed by atoms with Crippen molar-refractivity contribution in [1.82, 2.24) is 15.3 Å². The third-order valence-corrected chi connectivity index (χ3v) is 5.28. The Bertz CT molecular complexity index is 730. The van der Waals surface area contributed by atoms with Gasteiger partial charge in [-0.25, -0.2) is 5.01 Å². The number of alkyl halides is 3. The summed E-state index contributed by atoms with van der Waals surface area (Å²) in [6.45, 7) is 2.42. The molecule has 0 saturated carbocycles. The molecule has 3 aliphatic rings. The molecule has 3 aliphatic heterocycles. The van der Waals surface area contributed by atoms with Crippen LogP contribution in [0.5, 0.6) is 0 Å². The lowest BCUT2D eigenvalue weighted by molar-refractivity contribution is -0.137. The Balaban J connectivity index is 1.70. The van der Waals surface area contributed by atoms with Gasteiger partial charge < -0.3 is 10.2 Å². The minimum absolute atomic E-state index is 0.0174. The normalized spacial score (nSPS) is 26.9. The average molecular weight is 352 g/mol. The van der Waals surface area contributed by atoms with E-state index >= 15 is 0 Å². The number of anilines is 1. The molecule has 1 atom stereocenters. The lowest BCUT2D eigenvalue weighted by atomic mass is 9.83. The van der Waals surface area contributed by atoms with E-state index in [0.29, 0.717) is 31.9 Å². The predicted molar refractivity (Wildman–Crippen MR) is 86.3 cm³/mol. The number of hydrazine groups is 1. The molecule has 2 saturated heterocycles. The fraction of sp³-hybridized carbons (Fsp3) is 0.471. The van der Waals surface area contributed by atoms with Gasteiger partial charge in [0.2, 0.25) is 5.91 Å². The Labute approximate surface area is 143 Å². The molecule has 5 nitrogen and oxygen atoms in total. The molecule has 1 aromatic rings. The SMILES string of the molecule is CN1CC=C2N(c3ccc(C(F)(F)F)cc3)CC3(CCNC3=O)CN21. The van der Waals surface area contributed by atoms with Gasteiger partial charge in [-0.05, 0) is 36.8 Å². The lowest BCUT2D eigenvalue weighted by Gasteiger charge is -2.48. The largest absolute Gasteiger partial charge is 0.416 e. The summed E-state index contributed by atoms with van der Waals surface area (Å²) >= 11 is 0. The van der Waals surface area contributed by atoms with E-state index in [-0.39, 0.29) is 5.91 Å². The number of hydrogen-bond donors (Lipinski definition) is 1. The van der Waals surface area contributed by atoms with Gasteiger partial charge in [-0.2, -0.15) is 13.2 Å². The van der Waals surface area contributed by atoms with Crippen LogP contribution >= 0.6 is 0 Å². The van der Waals surface area contributed by atoms with Gasteiger partial charge in [0.05, 0.1) is 17.5 Å². The zero-order chi connectivity index (χ0) is 17.8. The molecule has 25 heavy (non-hydrogen) atoms. The Morgan fingerprint density at radius 2 is 1.88 bits per heavy atom. The second-order valence-electron chi connectivity index (χ2n) is 6.88. The molecule has 3 heterocycles. The van der Waals surface area contributed by atoms with Crippen LogP contribution < -0.4 is 10.2 Å². The second-order valence-corrected chi connectivity index (χ2v) is 6.88. The summed E-state index contributed by atoms with van der Waals surface area (Å²) in [7, 11) is 1.94. The summed E-state index contributed by atoms with van der Waals surface area (Å²) in [4.78, 5) is 14.4. The van der Waals surface area contributed by atoms with Gasteiger partial charge in [-0.3, -0.25) is 9.80 Å². The number of rotatable bonds is 1. The molecule has 0 radical (unpaired) electrons. The number of amides is 1. The number of nitrogens with zero attached hydrogens (tertiary/aromatic N) is 3. The van der Waals surface area contributed by atoms with Crippen LogP contribution in [0.4, 0.5) is 18.9 Å². The highest BCUT2D eigenvalue weighted by molar-refractivity contribution is 5.86. The molecule has 1 spiro atoms. The van der Waals surface area contributed by atoms with Crippen molar-refractivity contribution < 1.29 is 18.0 Å². The number of carbonyl (C=O) groups excluding carboxylic acids is 1. The third-order valence-electron chi connectivity index (χ3n) is 5.28. The van der Waals surface area contributed by atoms with Gasteiger partial charge >= 0.3 is 6.18 Å². The van der Waals surface area contributed by atoms with Crippen LogP contribution in [0, 0.1) is 5.41 Å². The van der Waals surface area contributed by atoms with Crippen molar-refractivity contribution in [3.63, 3.8) is 0 Å². The van der Waals surface area contributed by atoms with Crippen LogP contribution in [0.15, 0.2) is 36.2 Å². The van der Waals surface area contributed by atoms with E-state index in [1.165, 1.54) is 12.1 Å². The minimum atomic E-state index is -4.36. The van der Waals surface area contributed by atoms with Crippen LogP contribution in [-0.2, 0) is 11.0 Å². The lowest BCUT2D eigenvalue weighted by Crippen LogP contribution is -2.58. The van der Waals surface area contributed by atoms with E-state index in [2.05, 4.69) is 5.32 Å². The van der Waals surface area contributed by atoms with E-state index in [0.717, 1.165) is 24.4 Å². The topological polar surface area (TPSA) is 38.8 Å². The molecular formula is C17H19F3N4O. The van der Waals surface area contributed by atoms with E-state index in [1.54, 1.807) is 0 Å². The number of benzene rings is 1. The fourth-order valence-corrected chi connectivity index (χ4v) is 3.84. The van der Waals surface area contributed by atoms with Crippen molar-refractivity contribution in [1.29, 1.82) is 0 Å². The predicted octanol–water partition coefficient (Wildman–Crippen LogP) is 2.04. The minimum Gasteiger partial charge on any atom is -0.355 e. The molecule has 134 valence electrons. The molecule has 0 bridgehead atoms. The van der Waals surface area contributed by atoms with Crippen LogP contribution in [0.1, 0.15) is 12.0 Å². The standard InChI is InChI=1S/C17H19F3N4O/c1-22-9-6-14-23(13-4-2-12(3-5-13)17(18,19)20)10-16(11-24(14)22)7-8-21-15(16)25/h2-6H,7-11H2,1H3,(H,21,25). The second kappa shape index (κ2) is 5.39. The van der Waals surface area contributed by atoms with E-state index in [1.807, 2.05) is 28.0 Å². The van der Waals surface area contributed by atoms with Gasteiger partial charge in [0.15, 0.2) is 0 Å². The number of fused-ring (bicyclic) bond motifs is 1. The maximum Gasteiger partial charge on any atom is 0.416 e. The fourth-order valence-electron chi connectivity index (χ4n) is 3.84. The van der Waals surface area contributed by atoms with Crippen molar-refractivity contribution in [2.45, 2.75) is 12.6 Å². The van der Waals surface area contributed by atoms with Crippen LogP contribution in [0.2, 0.25) is 0 Å². The maximum atomic E-state index is 12.8. The first kappa shape index (κ1) is 16.3. The summed E-state index contributed by atoms with van der Waals surface area (Å²) in [5.41, 5.74) is -0.548. The number of likely N-dealkylation sites (N-methyl/N-ethyl adjacent to an activating group) is 1.